The second-order valence-corrected chi connectivity index (χ2v) is 6.00. The fraction of sp³-hybridized carbons (Fsp3) is 0.643. The molecule has 0 aromatic carbocycles. The van der Waals surface area contributed by atoms with Crippen LogP contribution in [0.5, 0.6) is 0 Å². The zero-order chi connectivity index (χ0) is 12.8. The van der Waals surface area contributed by atoms with Gasteiger partial charge >= 0.3 is 0 Å². The zero-order valence-electron chi connectivity index (χ0n) is 11.1. The number of thioether (sulfide) groups is 1. The average Bonchev–Trinajstić information content (AvgIpc) is 2.69. The SMILES string of the molecule is CCC(N)C(c1ccccn1)N1CCCSCC1. The van der Waals surface area contributed by atoms with Crippen LogP contribution in [0.1, 0.15) is 31.5 Å². The van der Waals surface area contributed by atoms with E-state index in [1.165, 1.54) is 17.9 Å². The van der Waals surface area contributed by atoms with Gasteiger partial charge in [-0.25, -0.2) is 0 Å². The minimum atomic E-state index is 0.169. The summed E-state index contributed by atoms with van der Waals surface area (Å²) in [4.78, 5) is 7.05. The van der Waals surface area contributed by atoms with E-state index in [4.69, 9.17) is 5.73 Å². The van der Waals surface area contributed by atoms with Gasteiger partial charge in [0.15, 0.2) is 0 Å². The van der Waals surface area contributed by atoms with Crippen LogP contribution in [-0.2, 0) is 0 Å². The molecule has 0 spiro atoms. The highest BCUT2D eigenvalue weighted by molar-refractivity contribution is 7.99. The van der Waals surface area contributed by atoms with Gasteiger partial charge in [0.25, 0.3) is 0 Å². The molecule has 0 amide bonds. The second kappa shape index (κ2) is 7.12. The molecule has 1 saturated heterocycles. The van der Waals surface area contributed by atoms with Gasteiger partial charge in [0.05, 0.1) is 11.7 Å². The maximum absolute atomic E-state index is 6.34. The lowest BCUT2D eigenvalue weighted by atomic mass is 10.0. The van der Waals surface area contributed by atoms with Gasteiger partial charge < -0.3 is 5.73 Å². The molecule has 2 unspecified atom stereocenters. The van der Waals surface area contributed by atoms with Crippen molar-refractivity contribution in [2.45, 2.75) is 31.8 Å². The summed E-state index contributed by atoms with van der Waals surface area (Å²) in [6, 6.07) is 6.58. The molecule has 100 valence electrons. The van der Waals surface area contributed by atoms with Crippen molar-refractivity contribution in [3.8, 4) is 0 Å². The maximum atomic E-state index is 6.34. The molecule has 3 nitrogen and oxygen atoms in total. The molecule has 0 bridgehead atoms. The van der Waals surface area contributed by atoms with Crippen LogP contribution in [0.15, 0.2) is 24.4 Å². The lowest BCUT2D eigenvalue weighted by Gasteiger charge is -2.33. The molecular weight excluding hydrogens is 242 g/mol. The smallest absolute Gasteiger partial charge is 0.0673 e. The molecule has 0 radical (unpaired) electrons. The minimum Gasteiger partial charge on any atom is -0.326 e. The second-order valence-electron chi connectivity index (χ2n) is 4.77. The molecule has 1 aliphatic heterocycles. The zero-order valence-corrected chi connectivity index (χ0v) is 11.9. The summed E-state index contributed by atoms with van der Waals surface area (Å²) >= 11 is 2.05. The summed E-state index contributed by atoms with van der Waals surface area (Å²) in [5, 5.41) is 0. The monoisotopic (exact) mass is 265 g/mol. The van der Waals surface area contributed by atoms with Crippen molar-refractivity contribution < 1.29 is 0 Å². The number of aromatic nitrogens is 1. The highest BCUT2D eigenvalue weighted by Gasteiger charge is 2.27. The molecule has 0 aliphatic carbocycles. The van der Waals surface area contributed by atoms with Gasteiger partial charge in [-0.1, -0.05) is 13.0 Å². The Kier molecular flexibility index (Phi) is 5.47. The van der Waals surface area contributed by atoms with E-state index in [0.29, 0.717) is 0 Å². The Morgan fingerprint density at radius 2 is 2.28 bits per heavy atom. The van der Waals surface area contributed by atoms with E-state index in [1.807, 2.05) is 24.0 Å². The third-order valence-electron chi connectivity index (χ3n) is 3.52. The topological polar surface area (TPSA) is 42.1 Å². The highest BCUT2D eigenvalue weighted by Crippen LogP contribution is 2.25. The van der Waals surface area contributed by atoms with Crippen molar-refractivity contribution >= 4 is 11.8 Å². The molecule has 1 fully saturated rings. The molecule has 2 rings (SSSR count). The standard InChI is InChI=1S/C14H23N3S/c1-2-12(15)14(13-6-3-4-7-16-13)17-8-5-10-18-11-9-17/h3-4,6-7,12,14H,2,5,8-11,15H2,1H3. The number of hydrogen-bond donors (Lipinski definition) is 1. The first-order chi connectivity index (χ1) is 8.83. The van der Waals surface area contributed by atoms with Gasteiger partial charge in [-0.15, -0.1) is 0 Å². The molecule has 2 atom stereocenters. The van der Waals surface area contributed by atoms with Crippen molar-refractivity contribution in [3.05, 3.63) is 30.1 Å². The van der Waals surface area contributed by atoms with Crippen LogP contribution in [0.2, 0.25) is 0 Å². The van der Waals surface area contributed by atoms with Crippen molar-refractivity contribution in [1.82, 2.24) is 9.88 Å². The lowest BCUT2D eigenvalue weighted by molar-refractivity contribution is 0.178. The average molecular weight is 265 g/mol. The van der Waals surface area contributed by atoms with Gasteiger partial charge in [0.1, 0.15) is 0 Å². The van der Waals surface area contributed by atoms with Crippen LogP contribution in [0, 0.1) is 0 Å². The Morgan fingerprint density at radius 3 is 3.00 bits per heavy atom. The van der Waals surface area contributed by atoms with Crippen LogP contribution < -0.4 is 5.73 Å². The summed E-state index contributed by atoms with van der Waals surface area (Å²) in [7, 11) is 0. The highest BCUT2D eigenvalue weighted by atomic mass is 32.2. The van der Waals surface area contributed by atoms with Crippen molar-refractivity contribution in [2.24, 2.45) is 5.73 Å². The van der Waals surface area contributed by atoms with E-state index in [9.17, 15) is 0 Å². The fourth-order valence-electron chi connectivity index (χ4n) is 2.49. The molecule has 1 aliphatic rings. The van der Waals surface area contributed by atoms with E-state index >= 15 is 0 Å². The molecule has 2 N–H and O–H groups in total. The largest absolute Gasteiger partial charge is 0.326 e. The number of rotatable bonds is 4. The third-order valence-corrected chi connectivity index (χ3v) is 4.57. The number of pyridine rings is 1. The van der Waals surface area contributed by atoms with E-state index < -0.39 is 0 Å². The third kappa shape index (κ3) is 3.46. The number of nitrogens with two attached hydrogens (primary N) is 1. The van der Waals surface area contributed by atoms with Crippen LogP contribution in [-0.4, -0.2) is 40.5 Å². The quantitative estimate of drug-likeness (QED) is 0.907. The predicted molar refractivity (Wildman–Crippen MR) is 78.8 cm³/mol. The summed E-state index contributed by atoms with van der Waals surface area (Å²) in [5.41, 5.74) is 7.47. The molecule has 2 heterocycles. The lowest BCUT2D eigenvalue weighted by Crippen LogP contribution is -2.42. The number of hydrogen-bond acceptors (Lipinski definition) is 4. The first-order valence-electron chi connectivity index (χ1n) is 6.81. The van der Waals surface area contributed by atoms with Crippen LogP contribution in [0.4, 0.5) is 0 Å². The molecule has 4 heteroatoms. The molecule has 0 saturated carbocycles. The number of nitrogens with zero attached hydrogens (tertiary/aromatic N) is 2. The Morgan fingerprint density at radius 1 is 1.39 bits per heavy atom. The first kappa shape index (κ1) is 13.8. The van der Waals surface area contributed by atoms with E-state index in [2.05, 4.69) is 28.9 Å². The molecule has 1 aromatic rings. The molecule has 1 aromatic heterocycles. The normalized spacial score (nSPS) is 21.2. The van der Waals surface area contributed by atoms with Crippen LogP contribution in [0.3, 0.4) is 0 Å². The predicted octanol–water partition coefficient (Wildman–Crippen LogP) is 2.30. The van der Waals surface area contributed by atoms with Crippen molar-refractivity contribution in [1.29, 1.82) is 0 Å². The summed E-state index contributed by atoms with van der Waals surface area (Å²) in [6.45, 7) is 4.43. The Hall–Kier alpha value is -0.580. The Balaban J connectivity index is 2.18. The molecular formula is C14H23N3S. The maximum Gasteiger partial charge on any atom is 0.0673 e. The van der Waals surface area contributed by atoms with Gasteiger partial charge in [0, 0.05) is 24.5 Å². The van der Waals surface area contributed by atoms with Crippen LogP contribution in [0.25, 0.3) is 0 Å². The first-order valence-corrected chi connectivity index (χ1v) is 7.96. The molecule has 18 heavy (non-hydrogen) atoms. The van der Waals surface area contributed by atoms with Crippen molar-refractivity contribution in [2.75, 3.05) is 24.6 Å². The Labute approximate surface area is 114 Å². The van der Waals surface area contributed by atoms with Crippen molar-refractivity contribution in [3.63, 3.8) is 0 Å². The van der Waals surface area contributed by atoms with E-state index in [1.54, 1.807) is 0 Å². The van der Waals surface area contributed by atoms with E-state index in [-0.39, 0.29) is 12.1 Å². The van der Waals surface area contributed by atoms with Gasteiger partial charge in [-0.3, -0.25) is 9.88 Å². The minimum absolute atomic E-state index is 0.169. The fourth-order valence-corrected chi connectivity index (χ4v) is 3.40. The van der Waals surface area contributed by atoms with Gasteiger partial charge in [-0.05, 0) is 37.3 Å². The Bertz CT molecular complexity index is 336. The summed E-state index contributed by atoms with van der Waals surface area (Å²) < 4.78 is 0. The van der Waals surface area contributed by atoms with Gasteiger partial charge in [0.2, 0.25) is 0 Å². The van der Waals surface area contributed by atoms with E-state index in [0.717, 1.165) is 25.2 Å². The van der Waals surface area contributed by atoms with Crippen LogP contribution >= 0.6 is 11.8 Å². The summed E-state index contributed by atoms with van der Waals surface area (Å²) in [6.07, 6.45) is 4.12. The summed E-state index contributed by atoms with van der Waals surface area (Å²) in [5.74, 6) is 2.48. The van der Waals surface area contributed by atoms with Gasteiger partial charge in [-0.2, -0.15) is 11.8 Å².